The molecule has 2 aromatic rings. The van der Waals surface area contributed by atoms with Crippen LogP contribution >= 0.6 is 11.8 Å². The molecule has 0 spiro atoms. The molecule has 0 radical (unpaired) electrons. The molecule has 5 nitrogen and oxygen atoms in total. The second-order valence-corrected chi connectivity index (χ2v) is 4.05. The van der Waals surface area contributed by atoms with Crippen LogP contribution in [-0.4, -0.2) is 26.5 Å². The maximum absolute atomic E-state index is 5.44. The Morgan fingerprint density at radius 3 is 2.50 bits per heavy atom. The summed E-state index contributed by atoms with van der Waals surface area (Å²) in [4.78, 5) is 16.5. The van der Waals surface area contributed by atoms with Gasteiger partial charge in [-0.1, -0.05) is 0 Å². The third kappa shape index (κ3) is 2.98. The van der Waals surface area contributed by atoms with E-state index >= 15 is 0 Å². The molecule has 0 fully saturated rings. The lowest BCUT2D eigenvalue weighted by atomic mass is 10.2. The van der Waals surface area contributed by atoms with E-state index in [2.05, 4.69) is 19.9 Å². The quantitative estimate of drug-likeness (QED) is 0.791. The summed E-state index contributed by atoms with van der Waals surface area (Å²) in [6.07, 6.45) is 9.34. The predicted octanol–water partition coefficient (Wildman–Crippen LogP) is 0.919. The van der Waals surface area contributed by atoms with Crippen LogP contribution in [0.1, 0.15) is 5.56 Å². The zero-order valence-electron chi connectivity index (χ0n) is 8.58. The fraction of sp³-hybridized carbons (Fsp3) is 0.200. The highest BCUT2D eigenvalue weighted by atomic mass is 32.2. The Bertz CT molecular complexity index is 431. The minimum atomic E-state index is 0.611. The van der Waals surface area contributed by atoms with Gasteiger partial charge in [-0.2, -0.15) is 0 Å². The van der Waals surface area contributed by atoms with Gasteiger partial charge in [0.05, 0.1) is 6.20 Å². The van der Waals surface area contributed by atoms with Gasteiger partial charge in [0, 0.05) is 24.8 Å². The van der Waals surface area contributed by atoms with Crippen LogP contribution < -0.4 is 5.73 Å². The van der Waals surface area contributed by atoms with Crippen LogP contribution in [0, 0.1) is 0 Å². The van der Waals surface area contributed by atoms with Gasteiger partial charge in [0.25, 0.3) is 0 Å². The minimum absolute atomic E-state index is 0.611. The van der Waals surface area contributed by atoms with Gasteiger partial charge in [-0.15, -0.1) is 0 Å². The summed E-state index contributed by atoms with van der Waals surface area (Å²) in [5.74, 6) is 0. The molecule has 0 aliphatic rings. The number of nitrogens with zero attached hydrogens (tertiary/aromatic N) is 4. The van der Waals surface area contributed by atoms with Crippen molar-refractivity contribution in [3.05, 3.63) is 36.5 Å². The van der Waals surface area contributed by atoms with Crippen LogP contribution in [0.25, 0.3) is 0 Å². The number of aromatic nitrogens is 4. The molecule has 2 aromatic heterocycles. The van der Waals surface area contributed by atoms with Crippen LogP contribution in [0.15, 0.2) is 41.2 Å². The van der Waals surface area contributed by atoms with Crippen LogP contribution in [0.5, 0.6) is 0 Å². The molecule has 0 amide bonds. The maximum Gasteiger partial charge on any atom is 0.193 e. The number of hydrogen-bond donors (Lipinski definition) is 1. The van der Waals surface area contributed by atoms with Crippen molar-refractivity contribution >= 4 is 11.8 Å². The summed E-state index contributed by atoms with van der Waals surface area (Å²) in [7, 11) is 0. The smallest absolute Gasteiger partial charge is 0.193 e. The fourth-order valence-corrected chi connectivity index (χ4v) is 1.75. The van der Waals surface area contributed by atoms with Crippen LogP contribution in [-0.2, 0) is 6.42 Å². The van der Waals surface area contributed by atoms with E-state index in [1.54, 1.807) is 31.0 Å². The maximum atomic E-state index is 5.44. The summed E-state index contributed by atoms with van der Waals surface area (Å²) in [5.41, 5.74) is 6.49. The van der Waals surface area contributed by atoms with E-state index < -0.39 is 0 Å². The third-order valence-corrected chi connectivity index (χ3v) is 2.66. The van der Waals surface area contributed by atoms with Crippen molar-refractivity contribution in [2.75, 3.05) is 6.54 Å². The van der Waals surface area contributed by atoms with Crippen molar-refractivity contribution < 1.29 is 0 Å². The Hall–Kier alpha value is -1.53. The highest BCUT2D eigenvalue weighted by Crippen LogP contribution is 2.20. The van der Waals surface area contributed by atoms with Gasteiger partial charge >= 0.3 is 0 Å². The summed E-state index contributed by atoms with van der Waals surface area (Å²) < 4.78 is 0. The summed E-state index contributed by atoms with van der Waals surface area (Å²) >= 11 is 1.39. The minimum Gasteiger partial charge on any atom is -0.330 e. The van der Waals surface area contributed by atoms with Gasteiger partial charge in [0.2, 0.25) is 0 Å². The largest absolute Gasteiger partial charge is 0.330 e. The topological polar surface area (TPSA) is 77.6 Å². The molecule has 0 atom stereocenters. The SMILES string of the molecule is NCCc1cnc(Sc2cnccn2)nc1. The van der Waals surface area contributed by atoms with E-state index in [0.717, 1.165) is 17.0 Å². The Kier molecular flexibility index (Phi) is 3.79. The van der Waals surface area contributed by atoms with Crippen molar-refractivity contribution in [3.63, 3.8) is 0 Å². The normalized spacial score (nSPS) is 10.3. The molecule has 0 aliphatic heterocycles. The summed E-state index contributed by atoms with van der Waals surface area (Å²) in [6, 6.07) is 0. The molecule has 0 unspecified atom stereocenters. The molecular formula is C10H11N5S. The van der Waals surface area contributed by atoms with Gasteiger partial charge < -0.3 is 5.73 Å². The highest BCUT2D eigenvalue weighted by molar-refractivity contribution is 7.99. The molecular weight excluding hydrogens is 222 g/mol. The second kappa shape index (κ2) is 5.53. The second-order valence-electron chi connectivity index (χ2n) is 3.06. The molecule has 0 saturated carbocycles. The molecule has 2 N–H and O–H groups in total. The summed E-state index contributed by atoms with van der Waals surface area (Å²) in [5, 5.41) is 1.45. The molecule has 0 aromatic carbocycles. The average Bonchev–Trinajstić information content (AvgIpc) is 2.33. The Balaban J connectivity index is 2.05. The zero-order chi connectivity index (χ0) is 11.2. The Morgan fingerprint density at radius 2 is 1.88 bits per heavy atom. The molecule has 2 rings (SSSR count). The van der Waals surface area contributed by atoms with Crippen molar-refractivity contribution in [2.45, 2.75) is 16.6 Å². The molecule has 0 bridgehead atoms. The van der Waals surface area contributed by atoms with E-state index in [1.165, 1.54) is 11.8 Å². The van der Waals surface area contributed by atoms with Gasteiger partial charge in [-0.3, -0.25) is 4.98 Å². The lowest BCUT2D eigenvalue weighted by Crippen LogP contribution is -2.03. The van der Waals surface area contributed by atoms with Gasteiger partial charge in [-0.25, -0.2) is 15.0 Å². The molecule has 6 heteroatoms. The first-order chi connectivity index (χ1) is 7.88. The molecule has 82 valence electrons. The fourth-order valence-electron chi connectivity index (χ4n) is 1.12. The molecule has 0 saturated heterocycles. The first-order valence-electron chi connectivity index (χ1n) is 4.83. The molecule has 0 aliphatic carbocycles. The van der Waals surface area contributed by atoms with Crippen LogP contribution in [0.4, 0.5) is 0 Å². The van der Waals surface area contributed by atoms with Crippen molar-refractivity contribution in [1.82, 2.24) is 19.9 Å². The van der Waals surface area contributed by atoms with E-state index in [4.69, 9.17) is 5.73 Å². The van der Waals surface area contributed by atoms with Crippen LogP contribution in [0.2, 0.25) is 0 Å². The standard InChI is InChI=1S/C10H11N5S/c11-2-1-8-5-14-10(15-6-8)16-9-7-12-3-4-13-9/h3-7H,1-2,11H2. The Morgan fingerprint density at radius 1 is 1.06 bits per heavy atom. The molecule has 16 heavy (non-hydrogen) atoms. The third-order valence-electron chi connectivity index (χ3n) is 1.85. The number of nitrogens with two attached hydrogens (primary N) is 1. The van der Waals surface area contributed by atoms with E-state index in [1.807, 2.05) is 0 Å². The Labute approximate surface area is 97.6 Å². The van der Waals surface area contributed by atoms with E-state index in [9.17, 15) is 0 Å². The predicted molar refractivity (Wildman–Crippen MR) is 60.9 cm³/mol. The van der Waals surface area contributed by atoms with E-state index in [-0.39, 0.29) is 0 Å². The van der Waals surface area contributed by atoms with Crippen molar-refractivity contribution in [1.29, 1.82) is 0 Å². The lowest BCUT2D eigenvalue weighted by molar-refractivity contribution is 0.888. The summed E-state index contributed by atoms with van der Waals surface area (Å²) in [6.45, 7) is 0.611. The van der Waals surface area contributed by atoms with Crippen LogP contribution in [0.3, 0.4) is 0 Å². The van der Waals surface area contributed by atoms with Crippen molar-refractivity contribution in [3.8, 4) is 0 Å². The van der Waals surface area contributed by atoms with Crippen molar-refractivity contribution in [2.24, 2.45) is 5.73 Å². The molecule has 2 heterocycles. The number of rotatable bonds is 4. The zero-order valence-corrected chi connectivity index (χ0v) is 9.39. The van der Waals surface area contributed by atoms with Gasteiger partial charge in [0.15, 0.2) is 5.16 Å². The first kappa shape index (κ1) is 11.0. The van der Waals surface area contributed by atoms with Gasteiger partial charge in [0.1, 0.15) is 5.03 Å². The van der Waals surface area contributed by atoms with Gasteiger partial charge in [-0.05, 0) is 30.3 Å². The first-order valence-corrected chi connectivity index (χ1v) is 5.65. The average molecular weight is 233 g/mol. The monoisotopic (exact) mass is 233 g/mol. The highest BCUT2D eigenvalue weighted by Gasteiger charge is 2.01. The lowest BCUT2D eigenvalue weighted by Gasteiger charge is -2.00. The van der Waals surface area contributed by atoms with E-state index in [0.29, 0.717) is 11.7 Å². The number of hydrogen-bond acceptors (Lipinski definition) is 6.